The lowest BCUT2D eigenvalue weighted by Gasteiger charge is -2.25. The summed E-state index contributed by atoms with van der Waals surface area (Å²) in [5.74, 6) is -0.440. The van der Waals surface area contributed by atoms with Gasteiger partial charge in [-0.05, 0) is 38.6 Å². The van der Waals surface area contributed by atoms with Crippen molar-refractivity contribution in [2.45, 2.75) is 26.3 Å². The van der Waals surface area contributed by atoms with Gasteiger partial charge in [0.1, 0.15) is 11.6 Å². The van der Waals surface area contributed by atoms with E-state index in [0.717, 1.165) is 6.42 Å². The molecule has 0 heterocycles. The number of hydrogen-bond acceptors (Lipinski definition) is 3. The van der Waals surface area contributed by atoms with Gasteiger partial charge in [0.15, 0.2) is 0 Å². The smallest absolute Gasteiger partial charge is 0.234 e. The van der Waals surface area contributed by atoms with Crippen molar-refractivity contribution < 1.29 is 14.3 Å². The van der Waals surface area contributed by atoms with E-state index in [-0.39, 0.29) is 24.2 Å². The van der Waals surface area contributed by atoms with Gasteiger partial charge in [-0.1, -0.05) is 6.92 Å². The predicted molar refractivity (Wildman–Crippen MR) is 72.4 cm³/mol. The van der Waals surface area contributed by atoms with Gasteiger partial charge in [0, 0.05) is 18.2 Å². The van der Waals surface area contributed by atoms with Crippen LogP contribution in [0, 0.1) is 5.82 Å². The average molecular weight is 268 g/mol. The molecule has 1 aromatic carbocycles. The Hall–Kier alpha value is -1.62. The predicted octanol–water partition coefficient (Wildman–Crippen LogP) is 2.05. The SMILES string of the molecule is CCCNC(=O)CN(C)C(C)c1cc(F)ccc1O. The summed E-state index contributed by atoms with van der Waals surface area (Å²) in [6.45, 7) is 4.66. The number of phenols is 1. The van der Waals surface area contributed by atoms with Crippen molar-refractivity contribution in [3.8, 4) is 5.75 Å². The van der Waals surface area contributed by atoms with E-state index in [0.29, 0.717) is 12.1 Å². The van der Waals surface area contributed by atoms with Crippen molar-refractivity contribution in [1.82, 2.24) is 10.2 Å². The van der Waals surface area contributed by atoms with Crippen LogP contribution in [0.4, 0.5) is 4.39 Å². The van der Waals surface area contributed by atoms with Crippen molar-refractivity contribution in [2.75, 3.05) is 20.1 Å². The number of carbonyl (C=O) groups is 1. The summed E-state index contributed by atoms with van der Waals surface area (Å²) in [5, 5.41) is 12.5. The van der Waals surface area contributed by atoms with Gasteiger partial charge in [-0.2, -0.15) is 0 Å². The number of amides is 1. The first-order chi connectivity index (χ1) is 8.95. The van der Waals surface area contributed by atoms with Crippen molar-refractivity contribution in [2.24, 2.45) is 0 Å². The molecule has 1 rings (SSSR count). The molecule has 1 amide bonds. The van der Waals surface area contributed by atoms with Crippen molar-refractivity contribution in [1.29, 1.82) is 0 Å². The quantitative estimate of drug-likeness (QED) is 0.830. The molecule has 1 unspecified atom stereocenters. The minimum absolute atomic E-state index is 0.0368. The summed E-state index contributed by atoms with van der Waals surface area (Å²) in [7, 11) is 1.76. The van der Waals surface area contributed by atoms with Crippen LogP contribution in [0.25, 0.3) is 0 Å². The van der Waals surface area contributed by atoms with E-state index in [1.807, 2.05) is 13.8 Å². The van der Waals surface area contributed by atoms with Crippen LogP contribution in [0.15, 0.2) is 18.2 Å². The lowest BCUT2D eigenvalue weighted by Crippen LogP contribution is -2.36. The number of phenolic OH excluding ortho intramolecular Hbond substituents is 1. The van der Waals surface area contributed by atoms with E-state index in [4.69, 9.17) is 0 Å². The molecular formula is C14H21FN2O2. The van der Waals surface area contributed by atoms with Gasteiger partial charge in [-0.25, -0.2) is 4.39 Å². The van der Waals surface area contributed by atoms with Gasteiger partial charge < -0.3 is 10.4 Å². The molecule has 0 aliphatic rings. The Labute approximate surface area is 113 Å². The topological polar surface area (TPSA) is 52.6 Å². The number of nitrogens with zero attached hydrogens (tertiary/aromatic N) is 1. The molecule has 0 spiro atoms. The molecule has 0 aromatic heterocycles. The van der Waals surface area contributed by atoms with Crippen LogP contribution in [0.2, 0.25) is 0 Å². The Balaban J connectivity index is 2.68. The Morgan fingerprint density at radius 1 is 1.53 bits per heavy atom. The van der Waals surface area contributed by atoms with Crippen LogP contribution in [-0.2, 0) is 4.79 Å². The number of likely N-dealkylation sites (N-methyl/N-ethyl adjacent to an activating group) is 1. The van der Waals surface area contributed by atoms with E-state index in [2.05, 4.69) is 5.32 Å². The average Bonchev–Trinajstić information content (AvgIpc) is 2.38. The van der Waals surface area contributed by atoms with Crippen molar-refractivity contribution >= 4 is 5.91 Å². The zero-order valence-electron chi connectivity index (χ0n) is 11.6. The molecule has 0 radical (unpaired) electrons. The molecule has 2 N–H and O–H groups in total. The highest BCUT2D eigenvalue weighted by atomic mass is 19.1. The Kier molecular flexibility index (Phi) is 5.76. The number of halogens is 1. The molecule has 0 aliphatic heterocycles. The number of carbonyl (C=O) groups excluding carboxylic acids is 1. The van der Waals surface area contributed by atoms with Crippen LogP contribution in [-0.4, -0.2) is 36.1 Å². The molecular weight excluding hydrogens is 247 g/mol. The third kappa shape index (κ3) is 4.52. The van der Waals surface area contributed by atoms with E-state index in [1.165, 1.54) is 18.2 Å². The van der Waals surface area contributed by atoms with Crippen LogP contribution in [0.1, 0.15) is 31.9 Å². The number of aromatic hydroxyl groups is 1. The van der Waals surface area contributed by atoms with Crippen LogP contribution in [0.5, 0.6) is 5.75 Å². The summed E-state index contributed by atoms with van der Waals surface area (Å²) in [6, 6.07) is 3.58. The first-order valence-corrected chi connectivity index (χ1v) is 6.41. The number of benzene rings is 1. The van der Waals surface area contributed by atoms with Gasteiger partial charge in [0.05, 0.1) is 6.54 Å². The standard InChI is InChI=1S/C14H21FN2O2/c1-4-7-16-14(19)9-17(3)10(2)12-8-11(15)5-6-13(12)18/h5-6,8,10,18H,4,7,9H2,1-3H3,(H,16,19). The third-order valence-corrected chi connectivity index (χ3v) is 3.07. The number of nitrogens with one attached hydrogen (secondary N) is 1. The molecule has 0 saturated carbocycles. The maximum absolute atomic E-state index is 13.2. The molecule has 0 saturated heterocycles. The Morgan fingerprint density at radius 3 is 2.84 bits per heavy atom. The van der Waals surface area contributed by atoms with E-state index in [1.54, 1.807) is 11.9 Å². The highest BCUT2D eigenvalue weighted by molar-refractivity contribution is 5.78. The number of hydrogen-bond donors (Lipinski definition) is 2. The van der Waals surface area contributed by atoms with Gasteiger partial charge >= 0.3 is 0 Å². The van der Waals surface area contributed by atoms with Crippen LogP contribution in [0.3, 0.4) is 0 Å². The van der Waals surface area contributed by atoms with Crippen LogP contribution >= 0.6 is 0 Å². The maximum Gasteiger partial charge on any atom is 0.234 e. The maximum atomic E-state index is 13.2. The number of rotatable bonds is 6. The fourth-order valence-electron chi connectivity index (χ4n) is 1.78. The molecule has 0 bridgehead atoms. The van der Waals surface area contributed by atoms with E-state index < -0.39 is 5.82 Å². The Morgan fingerprint density at radius 2 is 2.21 bits per heavy atom. The second-order valence-electron chi connectivity index (χ2n) is 4.64. The molecule has 0 fully saturated rings. The minimum Gasteiger partial charge on any atom is -0.508 e. The zero-order chi connectivity index (χ0) is 14.4. The molecule has 1 aromatic rings. The first kappa shape index (κ1) is 15.4. The monoisotopic (exact) mass is 268 g/mol. The highest BCUT2D eigenvalue weighted by Gasteiger charge is 2.18. The second kappa shape index (κ2) is 7.09. The molecule has 0 aliphatic carbocycles. The van der Waals surface area contributed by atoms with Gasteiger partial charge in [0.2, 0.25) is 5.91 Å². The first-order valence-electron chi connectivity index (χ1n) is 6.41. The third-order valence-electron chi connectivity index (χ3n) is 3.07. The summed E-state index contributed by atoms with van der Waals surface area (Å²) in [5.41, 5.74) is 0.478. The van der Waals surface area contributed by atoms with E-state index >= 15 is 0 Å². The Bertz CT molecular complexity index is 437. The molecule has 19 heavy (non-hydrogen) atoms. The zero-order valence-corrected chi connectivity index (χ0v) is 11.6. The van der Waals surface area contributed by atoms with Gasteiger partial charge in [-0.15, -0.1) is 0 Å². The lowest BCUT2D eigenvalue weighted by atomic mass is 10.1. The normalized spacial score (nSPS) is 12.5. The summed E-state index contributed by atoms with van der Waals surface area (Å²) in [6.07, 6.45) is 0.885. The molecule has 1 atom stereocenters. The van der Waals surface area contributed by atoms with Gasteiger partial charge in [-0.3, -0.25) is 9.69 Å². The lowest BCUT2D eigenvalue weighted by molar-refractivity contribution is -0.122. The van der Waals surface area contributed by atoms with Crippen LogP contribution < -0.4 is 5.32 Å². The minimum atomic E-state index is -0.400. The molecule has 4 nitrogen and oxygen atoms in total. The van der Waals surface area contributed by atoms with Crippen molar-refractivity contribution in [3.05, 3.63) is 29.6 Å². The van der Waals surface area contributed by atoms with Crippen molar-refractivity contribution in [3.63, 3.8) is 0 Å². The fraction of sp³-hybridized carbons (Fsp3) is 0.500. The van der Waals surface area contributed by atoms with E-state index in [9.17, 15) is 14.3 Å². The fourth-order valence-corrected chi connectivity index (χ4v) is 1.78. The van der Waals surface area contributed by atoms with Gasteiger partial charge in [0.25, 0.3) is 0 Å². The molecule has 106 valence electrons. The second-order valence-corrected chi connectivity index (χ2v) is 4.64. The summed E-state index contributed by atoms with van der Waals surface area (Å²) < 4.78 is 13.2. The summed E-state index contributed by atoms with van der Waals surface area (Å²) >= 11 is 0. The summed E-state index contributed by atoms with van der Waals surface area (Å²) in [4.78, 5) is 13.4. The molecule has 5 heteroatoms. The largest absolute Gasteiger partial charge is 0.508 e. The highest BCUT2D eigenvalue weighted by Crippen LogP contribution is 2.27.